The topological polar surface area (TPSA) is 164 Å². The molecule has 0 aromatic heterocycles. The third kappa shape index (κ3) is 4.38. The fourth-order valence-corrected chi connectivity index (χ4v) is 0.694. The molecule has 6 N–H and O–H groups in total. The van der Waals surface area contributed by atoms with Gasteiger partial charge in [-0.3, -0.25) is 9.59 Å². The fraction of sp³-hybridized carbons (Fsp3) is 0.500. The Labute approximate surface area is 77.7 Å². The highest BCUT2D eigenvalue weighted by molar-refractivity contribution is 5.85. The summed E-state index contributed by atoms with van der Waals surface area (Å²) in [5.41, 5.74) is 0. The minimum absolute atomic E-state index is 0. The molecule has 0 fully saturated rings. The van der Waals surface area contributed by atoms with Crippen LogP contribution in [0.4, 0.5) is 0 Å². The van der Waals surface area contributed by atoms with Crippen LogP contribution in [0.5, 0.6) is 0 Å². The van der Waals surface area contributed by atoms with Crippen molar-refractivity contribution < 1.29 is 40.3 Å². The number of hydrogen-bond acceptors (Lipinski definition) is 4. The van der Waals surface area contributed by atoms with Crippen molar-refractivity contribution in [1.29, 1.82) is 0 Å². The predicted octanol–water partition coefficient (Wildman–Crippen LogP) is -2.22. The van der Waals surface area contributed by atoms with Gasteiger partial charge in [0.1, 0.15) is 5.92 Å². The summed E-state index contributed by atoms with van der Waals surface area (Å²) in [4.78, 5) is 30.5. The van der Waals surface area contributed by atoms with E-state index in [4.69, 9.17) is 20.4 Å². The zero-order chi connectivity index (χ0) is 10.6. The second-order valence-corrected chi connectivity index (χ2v) is 2.33. The lowest BCUT2D eigenvalue weighted by Crippen LogP contribution is -2.36. The number of aliphatic hydroxyl groups excluding tert-OH is 1. The predicted molar refractivity (Wildman–Crippen MR) is 40.6 cm³/mol. The number of carboxylic acids is 3. The van der Waals surface area contributed by atoms with E-state index < -0.39 is 36.4 Å². The molecule has 0 radical (unpaired) electrons. The second-order valence-electron chi connectivity index (χ2n) is 2.33. The maximum Gasteiger partial charge on any atom is 0.333 e. The van der Waals surface area contributed by atoms with E-state index in [1.165, 1.54) is 0 Å². The Hall–Kier alpha value is -1.67. The van der Waals surface area contributed by atoms with Crippen molar-refractivity contribution in [1.82, 2.24) is 0 Å². The molecule has 0 aliphatic heterocycles. The summed E-state index contributed by atoms with van der Waals surface area (Å²) in [7, 11) is 0. The van der Waals surface area contributed by atoms with Crippen LogP contribution in [0.1, 0.15) is 6.42 Å². The molecule has 0 rings (SSSR count). The molecule has 0 aliphatic rings. The molecule has 2 unspecified atom stereocenters. The molecular weight excluding hydrogens is 200 g/mol. The van der Waals surface area contributed by atoms with Crippen LogP contribution in [0.25, 0.3) is 0 Å². The van der Waals surface area contributed by atoms with Gasteiger partial charge >= 0.3 is 17.9 Å². The van der Waals surface area contributed by atoms with Gasteiger partial charge in [-0.05, 0) is 0 Å². The van der Waals surface area contributed by atoms with Gasteiger partial charge < -0.3 is 25.9 Å². The van der Waals surface area contributed by atoms with Crippen molar-refractivity contribution in [3.05, 3.63) is 0 Å². The summed E-state index contributed by atoms with van der Waals surface area (Å²) in [5.74, 6) is -6.71. The number of aliphatic hydroxyl groups is 1. The Kier molecular flexibility index (Phi) is 6.24. The molecule has 14 heavy (non-hydrogen) atoms. The first-order valence-electron chi connectivity index (χ1n) is 3.21. The molecule has 0 saturated carbocycles. The van der Waals surface area contributed by atoms with E-state index in [-0.39, 0.29) is 5.48 Å². The first-order valence-corrected chi connectivity index (χ1v) is 3.21. The van der Waals surface area contributed by atoms with E-state index in [0.717, 1.165) is 0 Å². The van der Waals surface area contributed by atoms with Gasteiger partial charge in [0.15, 0.2) is 6.10 Å². The highest BCUT2D eigenvalue weighted by atomic mass is 16.4. The van der Waals surface area contributed by atoms with Gasteiger partial charge in [-0.25, -0.2) is 4.79 Å². The molecule has 2 atom stereocenters. The van der Waals surface area contributed by atoms with Gasteiger partial charge in [-0.1, -0.05) is 0 Å². The van der Waals surface area contributed by atoms with Crippen molar-refractivity contribution in [3.8, 4) is 0 Å². The summed E-state index contributed by atoms with van der Waals surface area (Å²) in [6.07, 6.45) is -3.13. The minimum Gasteiger partial charge on any atom is -0.481 e. The van der Waals surface area contributed by atoms with Crippen molar-refractivity contribution in [2.45, 2.75) is 12.5 Å². The lowest BCUT2D eigenvalue weighted by Gasteiger charge is -2.12. The van der Waals surface area contributed by atoms with E-state index in [1.807, 2.05) is 0 Å². The molecular formula is C6H10O8. The van der Waals surface area contributed by atoms with Crippen LogP contribution >= 0.6 is 0 Å². The minimum atomic E-state index is -2.20. The number of carbonyl (C=O) groups is 3. The standard InChI is InChI=1S/C6H8O7.H2O/c7-3(8)1-2(5(10)11)4(9)6(12)13;/h2,4,9H,1H2,(H,7,8)(H,10,11)(H,12,13);1H2. The Morgan fingerprint density at radius 2 is 1.43 bits per heavy atom. The zero-order valence-corrected chi connectivity index (χ0v) is 6.88. The molecule has 0 saturated heterocycles. The molecule has 0 aromatic carbocycles. The van der Waals surface area contributed by atoms with Crippen LogP contribution in [-0.4, -0.2) is 49.9 Å². The second kappa shape index (κ2) is 5.89. The summed E-state index contributed by atoms with van der Waals surface area (Å²) in [5, 5.41) is 33.5. The van der Waals surface area contributed by atoms with Crippen LogP contribution in [0.2, 0.25) is 0 Å². The quantitative estimate of drug-likeness (QED) is 0.399. The number of aliphatic carboxylic acids is 3. The average Bonchev–Trinajstić information content (AvgIpc) is 1.97. The number of carboxylic acid groups (broad SMARTS) is 3. The maximum atomic E-state index is 10.3. The van der Waals surface area contributed by atoms with E-state index in [2.05, 4.69) is 0 Å². The van der Waals surface area contributed by atoms with Gasteiger partial charge in [0.05, 0.1) is 6.42 Å². The third-order valence-corrected chi connectivity index (χ3v) is 1.35. The van der Waals surface area contributed by atoms with Gasteiger partial charge in [0.2, 0.25) is 0 Å². The van der Waals surface area contributed by atoms with Crippen LogP contribution < -0.4 is 0 Å². The van der Waals surface area contributed by atoms with E-state index >= 15 is 0 Å². The molecule has 0 amide bonds. The summed E-state index contributed by atoms with van der Waals surface area (Å²) in [6, 6.07) is 0. The Morgan fingerprint density at radius 1 is 1.00 bits per heavy atom. The van der Waals surface area contributed by atoms with E-state index in [1.54, 1.807) is 0 Å². The van der Waals surface area contributed by atoms with Crippen LogP contribution in [0.3, 0.4) is 0 Å². The van der Waals surface area contributed by atoms with Gasteiger partial charge in [0.25, 0.3) is 0 Å². The third-order valence-electron chi connectivity index (χ3n) is 1.35. The fourth-order valence-electron chi connectivity index (χ4n) is 0.694. The molecule has 8 heteroatoms. The van der Waals surface area contributed by atoms with Crippen molar-refractivity contribution in [2.24, 2.45) is 5.92 Å². The largest absolute Gasteiger partial charge is 0.481 e. The van der Waals surface area contributed by atoms with Crippen LogP contribution in [0.15, 0.2) is 0 Å². The van der Waals surface area contributed by atoms with E-state index in [9.17, 15) is 14.4 Å². The molecule has 82 valence electrons. The first kappa shape index (κ1) is 14.8. The summed E-state index contributed by atoms with van der Waals surface area (Å²) in [6.45, 7) is 0. The highest BCUT2D eigenvalue weighted by Gasteiger charge is 2.33. The van der Waals surface area contributed by atoms with Crippen molar-refractivity contribution >= 4 is 17.9 Å². The normalized spacial score (nSPS) is 13.5. The number of hydrogen-bond donors (Lipinski definition) is 4. The monoisotopic (exact) mass is 210 g/mol. The average molecular weight is 210 g/mol. The Bertz CT molecular complexity index is 234. The first-order chi connectivity index (χ1) is 5.86. The molecule has 0 aliphatic carbocycles. The Balaban J connectivity index is 0. The highest BCUT2D eigenvalue weighted by Crippen LogP contribution is 2.09. The molecule has 0 spiro atoms. The smallest absolute Gasteiger partial charge is 0.333 e. The SMILES string of the molecule is O.O=C(O)CC(C(=O)O)C(O)C(=O)O. The van der Waals surface area contributed by atoms with Gasteiger partial charge in [-0.2, -0.15) is 0 Å². The van der Waals surface area contributed by atoms with Gasteiger partial charge in [0, 0.05) is 0 Å². The lowest BCUT2D eigenvalue weighted by molar-refractivity contribution is -0.162. The van der Waals surface area contributed by atoms with Gasteiger partial charge in [-0.15, -0.1) is 0 Å². The summed E-state index contributed by atoms with van der Waals surface area (Å²) >= 11 is 0. The lowest BCUT2D eigenvalue weighted by atomic mass is 9.99. The molecule has 8 nitrogen and oxygen atoms in total. The summed E-state index contributed by atoms with van der Waals surface area (Å²) < 4.78 is 0. The van der Waals surface area contributed by atoms with E-state index in [0.29, 0.717) is 0 Å². The van der Waals surface area contributed by atoms with Crippen LogP contribution in [0, 0.1) is 5.92 Å². The van der Waals surface area contributed by atoms with Crippen molar-refractivity contribution in [2.75, 3.05) is 0 Å². The molecule has 0 bridgehead atoms. The molecule has 0 aromatic rings. The van der Waals surface area contributed by atoms with Crippen LogP contribution in [-0.2, 0) is 14.4 Å². The number of rotatable bonds is 5. The molecule has 0 heterocycles. The Morgan fingerprint density at radius 3 is 1.64 bits per heavy atom. The van der Waals surface area contributed by atoms with Crippen molar-refractivity contribution in [3.63, 3.8) is 0 Å². The maximum absolute atomic E-state index is 10.3. The zero-order valence-electron chi connectivity index (χ0n) is 6.88.